The number of piperazine rings is 1. The predicted octanol–water partition coefficient (Wildman–Crippen LogP) is 0.116. The van der Waals surface area contributed by atoms with Gasteiger partial charge in [-0.05, 0) is 20.0 Å². The highest BCUT2D eigenvalue weighted by atomic mass is 16.5. The minimum absolute atomic E-state index is 0.00432. The Labute approximate surface area is 116 Å². The lowest BCUT2D eigenvalue weighted by Crippen LogP contribution is -2.59. The normalized spacial score (nSPS) is 30.9. The first-order chi connectivity index (χ1) is 8.99. The van der Waals surface area contributed by atoms with E-state index in [-0.39, 0.29) is 18.1 Å². The third-order valence-corrected chi connectivity index (χ3v) is 4.28. The van der Waals surface area contributed by atoms with Crippen LogP contribution < -0.4 is 0 Å². The Hall–Kier alpha value is -0.650. The summed E-state index contributed by atoms with van der Waals surface area (Å²) in [7, 11) is 4.14. The quantitative estimate of drug-likeness (QED) is 0.713. The molecule has 2 fully saturated rings. The van der Waals surface area contributed by atoms with E-state index in [1.165, 1.54) is 0 Å². The Bertz CT molecular complexity index is 322. The van der Waals surface area contributed by atoms with Gasteiger partial charge in [-0.2, -0.15) is 0 Å². The molecule has 2 unspecified atom stereocenters. The maximum absolute atomic E-state index is 12.7. The van der Waals surface area contributed by atoms with Crippen molar-refractivity contribution in [2.75, 3.05) is 53.4 Å². The molecule has 0 spiro atoms. The Morgan fingerprint density at radius 3 is 2.58 bits per heavy atom. The van der Waals surface area contributed by atoms with Crippen molar-refractivity contribution in [1.29, 1.82) is 0 Å². The molecule has 2 heterocycles. The molecule has 0 saturated carbocycles. The lowest BCUT2D eigenvalue weighted by molar-refractivity contribution is -0.147. The smallest absolute Gasteiger partial charge is 0.241 e. The molecule has 5 nitrogen and oxygen atoms in total. The average molecular weight is 269 g/mol. The molecule has 110 valence electrons. The van der Waals surface area contributed by atoms with E-state index in [0.29, 0.717) is 12.5 Å². The van der Waals surface area contributed by atoms with Crippen LogP contribution in [0, 0.1) is 5.92 Å². The molecule has 0 aromatic heterocycles. The average Bonchev–Trinajstić information content (AvgIpc) is 2.41. The van der Waals surface area contributed by atoms with Gasteiger partial charge in [0.05, 0.1) is 12.7 Å². The van der Waals surface area contributed by atoms with Crippen molar-refractivity contribution in [2.45, 2.75) is 26.0 Å². The third kappa shape index (κ3) is 3.46. The maximum atomic E-state index is 12.7. The van der Waals surface area contributed by atoms with Crippen molar-refractivity contribution in [3.8, 4) is 0 Å². The van der Waals surface area contributed by atoms with Crippen molar-refractivity contribution in [1.82, 2.24) is 14.7 Å². The second kappa shape index (κ2) is 6.20. The monoisotopic (exact) mass is 269 g/mol. The third-order valence-electron chi connectivity index (χ3n) is 4.28. The Morgan fingerprint density at radius 1 is 1.16 bits per heavy atom. The molecule has 2 rings (SSSR count). The number of likely N-dealkylation sites (N-methyl/N-ethyl adjacent to an activating group) is 2. The summed E-state index contributed by atoms with van der Waals surface area (Å²) in [4.78, 5) is 19.1. The zero-order valence-corrected chi connectivity index (χ0v) is 12.6. The summed E-state index contributed by atoms with van der Waals surface area (Å²) in [5.74, 6) is 0.727. The summed E-state index contributed by atoms with van der Waals surface area (Å²) in [6, 6.07) is 0.00432. The first-order valence-electron chi connectivity index (χ1n) is 7.28. The predicted molar refractivity (Wildman–Crippen MR) is 75.1 cm³/mol. The van der Waals surface area contributed by atoms with Crippen molar-refractivity contribution >= 4 is 5.91 Å². The summed E-state index contributed by atoms with van der Waals surface area (Å²) in [6.45, 7) is 9.28. The number of ether oxygens (including phenoxy) is 1. The number of hydrogen-bond donors (Lipinski definition) is 0. The van der Waals surface area contributed by atoms with Gasteiger partial charge in [-0.15, -0.1) is 0 Å². The van der Waals surface area contributed by atoms with Crippen molar-refractivity contribution in [2.24, 2.45) is 5.92 Å². The van der Waals surface area contributed by atoms with Crippen LogP contribution in [0.1, 0.15) is 13.8 Å². The van der Waals surface area contributed by atoms with Gasteiger partial charge in [0, 0.05) is 32.7 Å². The molecule has 2 aliphatic heterocycles. The molecule has 2 aliphatic rings. The van der Waals surface area contributed by atoms with Crippen LogP contribution in [-0.4, -0.2) is 86.2 Å². The molecule has 2 atom stereocenters. The zero-order valence-electron chi connectivity index (χ0n) is 12.6. The first kappa shape index (κ1) is 14.8. The molecular weight excluding hydrogens is 242 g/mol. The van der Waals surface area contributed by atoms with E-state index in [1.807, 2.05) is 4.90 Å². The Balaban J connectivity index is 1.98. The van der Waals surface area contributed by atoms with Gasteiger partial charge in [0.1, 0.15) is 6.04 Å². The van der Waals surface area contributed by atoms with E-state index < -0.39 is 0 Å². The van der Waals surface area contributed by atoms with Crippen molar-refractivity contribution in [3.63, 3.8) is 0 Å². The highest BCUT2D eigenvalue weighted by Gasteiger charge is 2.34. The van der Waals surface area contributed by atoms with Crippen LogP contribution in [0.3, 0.4) is 0 Å². The molecule has 2 saturated heterocycles. The van der Waals surface area contributed by atoms with E-state index in [0.717, 1.165) is 32.7 Å². The Morgan fingerprint density at radius 2 is 1.89 bits per heavy atom. The van der Waals surface area contributed by atoms with Gasteiger partial charge in [0.2, 0.25) is 5.91 Å². The molecule has 19 heavy (non-hydrogen) atoms. The fourth-order valence-electron chi connectivity index (χ4n) is 2.77. The van der Waals surface area contributed by atoms with E-state index in [1.54, 1.807) is 0 Å². The minimum atomic E-state index is 0.00432. The lowest BCUT2D eigenvalue weighted by Gasteiger charge is -2.41. The van der Waals surface area contributed by atoms with E-state index >= 15 is 0 Å². The molecule has 0 aliphatic carbocycles. The molecule has 0 radical (unpaired) electrons. The summed E-state index contributed by atoms with van der Waals surface area (Å²) < 4.78 is 5.74. The van der Waals surface area contributed by atoms with Gasteiger partial charge in [0.25, 0.3) is 0 Å². The highest BCUT2D eigenvalue weighted by molar-refractivity contribution is 5.82. The van der Waals surface area contributed by atoms with Crippen LogP contribution in [-0.2, 0) is 9.53 Å². The standard InChI is InChI=1S/C14H27N3O2/c1-11(2)13-10-17(7-8-19-13)14(18)12-9-15(3)5-6-16(12)4/h11-13H,5-10H2,1-4H3. The van der Waals surface area contributed by atoms with Crippen LogP contribution in [0.4, 0.5) is 0 Å². The fourth-order valence-corrected chi connectivity index (χ4v) is 2.77. The second-order valence-corrected chi connectivity index (χ2v) is 6.20. The SMILES string of the molecule is CC(C)C1CN(C(=O)C2CN(C)CCN2C)CCO1. The molecular formula is C14H27N3O2. The van der Waals surface area contributed by atoms with Gasteiger partial charge in [-0.25, -0.2) is 0 Å². The maximum Gasteiger partial charge on any atom is 0.241 e. The molecule has 0 bridgehead atoms. The highest BCUT2D eigenvalue weighted by Crippen LogP contribution is 2.16. The largest absolute Gasteiger partial charge is 0.374 e. The fraction of sp³-hybridized carbons (Fsp3) is 0.929. The van der Waals surface area contributed by atoms with E-state index in [9.17, 15) is 4.79 Å². The molecule has 0 aromatic carbocycles. The topological polar surface area (TPSA) is 36.0 Å². The van der Waals surface area contributed by atoms with Crippen LogP contribution >= 0.6 is 0 Å². The molecule has 0 aromatic rings. The second-order valence-electron chi connectivity index (χ2n) is 6.20. The van der Waals surface area contributed by atoms with E-state index in [4.69, 9.17) is 4.74 Å². The van der Waals surface area contributed by atoms with Crippen LogP contribution in [0.15, 0.2) is 0 Å². The van der Waals surface area contributed by atoms with Crippen LogP contribution in [0.25, 0.3) is 0 Å². The van der Waals surface area contributed by atoms with Gasteiger partial charge in [-0.3, -0.25) is 9.69 Å². The number of morpholine rings is 1. The van der Waals surface area contributed by atoms with Crippen molar-refractivity contribution < 1.29 is 9.53 Å². The number of rotatable bonds is 2. The number of carbonyl (C=O) groups is 1. The molecule has 0 N–H and O–H groups in total. The summed E-state index contributed by atoms with van der Waals surface area (Å²) in [6.07, 6.45) is 0.185. The number of amides is 1. The first-order valence-corrected chi connectivity index (χ1v) is 7.28. The van der Waals surface area contributed by atoms with Gasteiger partial charge in [0.15, 0.2) is 0 Å². The Kier molecular flexibility index (Phi) is 4.81. The minimum Gasteiger partial charge on any atom is -0.374 e. The van der Waals surface area contributed by atoms with Crippen molar-refractivity contribution in [3.05, 3.63) is 0 Å². The molecule has 5 heteroatoms. The number of carbonyl (C=O) groups excluding carboxylic acids is 1. The number of hydrogen-bond acceptors (Lipinski definition) is 4. The number of nitrogens with zero attached hydrogens (tertiary/aromatic N) is 3. The lowest BCUT2D eigenvalue weighted by atomic mass is 10.0. The van der Waals surface area contributed by atoms with Gasteiger partial charge >= 0.3 is 0 Å². The van der Waals surface area contributed by atoms with Gasteiger partial charge < -0.3 is 14.5 Å². The van der Waals surface area contributed by atoms with Gasteiger partial charge in [-0.1, -0.05) is 13.8 Å². The van der Waals surface area contributed by atoms with E-state index in [2.05, 4.69) is 37.7 Å². The summed E-state index contributed by atoms with van der Waals surface area (Å²) in [5, 5.41) is 0. The van der Waals surface area contributed by atoms with Crippen LogP contribution in [0.5, 0.6) is 0 Å². The summed E-state index contributed by atoms with van der Waals surface area (Å²) in [5.41, 5.74) is 0. The zero-order chi connectivity index (χ0) is 14.0. The molecule has 1 amide bonds. The van der Waals surface area contributed by atoms with Crippen LogP contribution in [0.2, 0.25) is 0 Å². The summed E-state index contributed by atoms with van der Waals surface area (Å²) >= 11 is 0.